The van der Waals surface area contributed by atoms with E-state index in [0.29, 0.717) is 18.4 Å². The molecule has 0 saturated heterocycles. The van der Waals surface area contributed by atoms with Crippen molar-refractivity contribution in [2.45, 2.75) is 110 Å². The molecule has 1 heterocycles. The van der Waals surface area contributed by atoms with Crippen molar-refractivity contribution in [3.63, 3.8) is 0 Å². The molecule has 2 aliphatic carbocycles. The first-order valence-electron chi connectivity index (χ1n) is 13.8. The standard InChI is InChI=1S/C29H44N2O2/c1-3-25(4-2)31-27-15-14-24(19-26(27)30-29(31)18-22-12-8-9-13-22)28(33)17-23(20-32)16-21-10-6-5-7-11-21/h14-15,19,21-23,25,32H,3-13,16-18,20H2,1-2H3/t23-/m1/s1. The summed E-state index contributed by atoms with van der Waals surface area (Å²) in [6, 6.07) is 6.60. The zero-order valence-electron chi connectivity index (χ0n) is 20.9. The Balaban J connectivity index is 1.54. The summed E-state index contributed by atoms with van der Waals surface area (Å²) in [6.07, 6.45) is 16.5. The van der Waals surface area contributed by atoms with E-state index in [9.17, 15) is 9.90 Å². The van der Waals surface area contributed by atoms with E-state index in [0.717, 1.165) is 42.7 Å². The summed E-state index contributed by atoms with van der Waals surface area (Å²) >= 11 is 0. The van der Waals surface area contributed by atoms with E-state index in [-0.39, 0.29) is 18.3 Å². The van der Waals surface area contributed by atoms with E-state index in [1.807, 2.05) is 12.1 Å². The molecule has 0 bridgehead atoms. The SMILES string of the molecule is CCC(CC)n1c(CC2CCCC2)nc2cc(C(=O)C[C@H](CO)CC3CCCCC3)ccc21. The summed E-state index contributed by atoms with van der Waals surface area (Å²) < 4.78 is 2.47. The quantitative estimate of drug-likeness (QED) is 0.364. The summed E-state index contributed by atoms with van der Waals surface area (Å²) in [6.45, 7) is 4.64. The molecule has 0 radical (unpaired) electrons. The Bertz CT molecular complexity index is 902. The Kier molecular flexibility index (Phi) is 8.62. The molecule has 4 heteroatoms. The fraction of sp³-hybridized carbons (Fsp3) is 0.724. The predicted octanol–water partition coefficient (Wildman–Crippen LogP) is 7.28. The second-order valence-corrected chi connectivity index (χ2v) is 10.8. The third-order valence-electron chi connectivity index (χ3n) is 8.46. The fourth-order valence-corrected chi connectivity index (χ4v) is 6.50. The first kappa shape index (κ1) is 24.4. The monoisotopic (exact) mass is 452 g/mol. The smallest absolute Gasteiger partial charge is 0.163 e. The van der Waals surface area contributed by atoms with E-state index in [4.69, 9.17) is 4.98 Å². The highest BCUT2D eigenvalue weighted by molar-refractivity contribution is 5.99. The van der Waals surface area contributed by atoms with Crippen molar-refractivity contribution >= 4 is 16.8 Å². The van der Waals surface area contributed by atoms with Gasteiger partial charge in [0.1, 0.15) is 5.82 Å². The van der Waals surface area contributed by atoms with Crippen LogP contribution in [0.5, 0.6) is 0 Å². The lowest BCUT2D eigenvalue weighted by atomic mass is 9.81. The van der Waals surface area contributed by atoms with Crippen LogP contribution in [0.15, 0.2) is 18.2 Å². The molecule has 2 aliphatic rings. The van der Waals surface area contributed by atoms with E-state index < -0.39 is 0 Å². The van der Waals surface area contributed by atoms with Crippen molar-refractivity contribution < 1.29 is 9.90 Å². The number of aliphatic hydroxyl groups is 1. The number of Topliss-reactive ketones (excluding diaryl/α,β-unsaturated/α-hetero) is 1. The normalized spacial score (nSPS) is 19.0. The van der Waals surface area contributed by atoms with Crippen LogP contribution < -0.4 is 0 Å². The van der Waals surface area contributed by atoms with Gasteiger partial charge in [0.25, 0.3) is 0 Å². The molecule has 0 unspecified atom stereocenters. The molecule has 33 heavy (non-hydrogen) atoms. The third-order valence-corrected chi connectivity index (χ3v) is 8.46. The largest absolute Gasteiger partial charge is 0.396 e. The summed E-state index contributed by atoms with van der Waals surface area (Å²) in [5.74, 6) is 2.87. The Morgan fingerprint density at radius 1 is 1.03 bits per heavy atom. The zero-order chi connectivity index (χ0) is 23.2. The van der Waals surface area contributed by atoms with Crippen LogP contribution in [0.25, 0.3) is 11.0 Å². The third kappa shape index (κ3) is 5.88. The van der Waals surface area contributed by atoms with Gasteiger partial charge in [-0.05, 0) is 55.2 Å². The predicted molar refractivity (Wildman–Crippen MR) is 136 cm³/mol. The molecule has 1 N–H and O–H groups in total. The molecule has 1 aromatic carbocycles. The van der Waals surface area contributed by atoms with Crippen LogP contribution >= 0.6 is 0 Å². The molecule has 2 fully saturated rings. The van der Waals surface area contributed by atoms with Crippen LogP contribution in [0.4, 0.5) is 0 Å². The van der Waals surface area contributed by atoms with Gasteiger partial charge in [-0.3, -0.25) is 4.79 Å². The lowest BCUT2D eigenvalue weighted by Crippen LogP contribution is -2.18. The van der Waals surface area contributed by atoms with Crippen molar-refractivity contribution in [1.82, 2.24) is 9.55 Å². The summed E-state index contributed by atoms with van der Waals surface area (Å²) in [7, 11) is 0. The molecule has 1 atom stereocenters. The van der Waals surface area contributed by atoms with Crippen molar-refractivity contribution in [2.75, 3.05) is 6.61 Å². The number of carbonyl (C=O) groups is 1. The van der Waals surface area contributed by atoms with Gasteiger partial charge in [-0.25, -0.2) is 4.98 Å². The van der Waals surface area contributed by atoms with Crippen molar-refractivity contribution in [3.8, 4) is 0 Å². The number of hydrogen-bond acceptors (Lipinski definition) is 3. The second kappa shape index (κ2) is 11.6. The number of fused-ring (bicyclic) bond motifs is 1. The van der Waals surface area contributed by atoms with Gasteiger partial charge in [0.15, 0.2) is 5.78 Å². The average Bonchev–Trinajstić information content (AvgIpc) is 3.48. The van der Waals surface area contributed by atoms with E-state index in [1.165, 1.54) is 69.1 Å². The van der Waals surface area contributed by atoms with Gasteiger partial charge in [-0.1, -0.05) is 71.6 Å². The molecule has 0 amide bonds. The maximum atomic E-state index is 13.2. The molecule has 1 aromatic heterocycles. The average molecular weight is 453 g/mol. The Hall–Kier alpha value is -1.68. The number of nitrogens with zero attached hydrogens (tertiary/aromatic N) is 2. The molecule has 0 spiro atoms. The van der Waals surface area contributed by atoms with Gasteiger partial charge < -0.3 is 9.67 Å². The highest BCUT2D eigenvalue weighted by Crippen LogP contribution is 2.33. The second-order valence-electron chi connectivity index (χ2n) is 10.8. The van der Waals surface area contributed by atoms with Gasteiger partial charge in [-0.15, -0.1) is 0 Å². The Labute approximate surface area is 200 Å². The minimum absolute atomic E-state index is 0.0799. The number of aromatic nitrogens is 2. The lowest BCUT2D eigenvalue weighted by Gasteiger charge is -2.25. The highest BCUT2D eigenvalue weighted by Gasteiger charge is 2.24. The minimum atomic E-state index is 0.0799. The van der Waals surface area contributed by atoms with Crippen LogP contribution in [0.3, 0.4) is 0 Å². The van der Waals surface area contributed by atoms with Gasteiger partial charge in [0.05, 0.1) is 11.0 Å². The van der Waals surface area contributed by atoms with Gasteiger partial charge in [0, 0.05) is 31.1 Å². The van der Waals surface area contributed by atoms with Crippen molar-refractivity contribution in [2.24, 2.45) is 17.8 Å². The lowest BCUT2D eigenvalue weighted by molar-refractivity contribution is 0.0915. The topological polar surface area (TPSA) is 55.1 Å². The van der Waals surface area contributed by atoms with Crippen LogP contribution in [0.1, 0.15) is 120 Å². The molecule has 0 aliphatic heterocycles. The number of benzene rings is 1. The van der Waals surface area contributed by atoms with Crippen LogP contribution in [0, 0.1) is 17.8 Å². The molecular weight excluding hydrogens is 408 g/mol. The maximum Gasteiger partial charge on any atom is 0.163 e. The van der Waals surface area contributed by atoms with Crippen LogP contribution in [-0.2, 0) is 6.42 Å². The number of rotatable bonds is 11. The van der Waals surface area contributed by atoms with Gasteiger partial charge in [-0.2, -0.15) is 0 Å². The van der Waals surface area contributed by atoms with Gasteiger partial charge >= 0.3 is 0 Å². The Morgan fingerprint density at radius 2 is 1.70 bits per heavy atom. The molecule has 182 valence electrons. The zero-order valence-corrected chi connectivity index (χ0v) is 20.9. The highest BCUT2D eigenvalue weighted by atomic mass is 16.3. The summed E-state index contributed by atoms with van der Waals surface area (Å²) in [5, 5.41) is 9.95. The van der Waals surface area contributed by atoms with Crippen LogP contribution in [-0.4, -0.2) is 27.0 Å². The molecule has 4 nitrogen and oxygen atoms in total. The first-order valence-corrected chi connectivity index (χ1v) is 13.8. The minimum Gasteiger partial charge on any atom is -0.396 e. The molecular formula is C29H44N2O2. The van der Waals surface area contributed by atoms with Crippen molar-refractivity contribution in [3.05, 3.63) is 29.6 Å². The molecule has 2 saturated carbocycles. The summed E-state index contributed by atoms with van der Waals surface area (Å²) in [5.41, 5.74) is 2.90. The first-order chi connectivity index (χ1) is 16.1. The van der Waals surface area contributed by atoms with Crippen LogP contribution in [0.2, 0.25) is 0 Å². The summed E-state index contributed by atoms with van der Waals surface area (Å²) in [4.78, 5) is 18.3. The maximum absolute atomic E-state index is 13.2. The number of ketones is 1. The fourth-order valence-electron chi connectivity index (χ4n) is 6.50. The van der Waals surface area contributed by atoms with E-state index in [1.54, 1.807) is 0 Å². The Morgan fingerprint density at radius 3 is 2.36 bits per heavy atom. The van der Waals surface area contributed by atoms with Gasteiger partial charge in [0.2, 0.25) is 0 Å². The van der Waals surface area contributed by atoms with E-state index in [2.05, 4.69) is 24.5 Å². The number of imidazole rings is 1. The molecule has 2 aromatic rings. The number of hydrogen-bond donors (Lipinski definition) is 1. The van der Waals surface area contributed by atoms with Crippen molar-refractivity contribution in [1.29, 1.82) is 0 Å². The number of aliphatic hydroxyl groups excluding tert-OH is 1. The van der Waals surface area contributed by atoms with E-state index >= 15 is 0 Å². The molecule has 4 rings (SSSR count). The number of carbonyl (C=O) groups excluding carboxylic acids is 1.